The number of nitrogens with one attached hydrogen (secondary N) is 3. The first kappa shape index (κ1) is 17.0. The van der Waals surface area contributed by atoms with Gasteiger partial charge < -0.3 is 20.7 Å². The summed E-state index contributed by atoms with van der Waals surface area (Å²) in [5, 5.41) is 8.51. The SMILES string of the molecule is CCNC(=O)CNc1ccc(C(=O)NCCCOC)cc1. The smallest absolute Gasteiger partial charge is 0.251 e. The van der Waals surface area contributed by atoms with Crippen LogP contribution < -0.4 is 16.0 Å². The third kappa shape index (κ3) is 6.76. The Kier molecular flexibility index (Phi) is 7.89. The van der Waals surface area contributed by atoms with Gasteiger partial charge in [-0.2, -0.15) is 0 Å². The fraction of sp³-hybridized carbons (Fsp3) is 0.467. The highest BCUT2D eigenvalue weighted by Crippen LogP contribution is 2.09. The lowest BCUT2D eigenvalue weighted by Gasteiger charge is -2.08. The molecule has 0 atom stereocenters. The van der Waals surface area contributed by atoms with Gasteiger partial charge in [0, 0.05) is 38.1 Å². The molecule has 0 saturated carbocycles. The van der Waals surface area contributed by atoms with E-state index in [1.54, 1.807) is 31.4 Å². The van der Waals surface area contributed by atoms with Gasteiger partial charge in [-0.3, -0.25) is 9.59 Å². The van der Waals surface area contributed by atoms with Gasteiger partial charge in [-0.25, -0.2) is 0 Å². The molecule has 1 aromatic carbocycles. The van der Waals surface area contributed by atoms with Crippen molar-refractivity contribution >= 4 is 17.5 Å². The fourth-order valence-corrected chi connectivity index (χ4v) is 1.70. The molecule has 3 N–H and O–H groups in total. The Bertz CT molecular complexity index is 446. The van der Waals surface area contributed by atoms with Crippen molar-refractivity contribution in [3.63, 3.8) is 0 Å². The van der Waals surface area contributed by atoms with Crippen molar-refractivity contribution in [3.05, 3.63) is 29.8 Å². The molecule has 0 aliphatic rings. The molecule has 21 heavy (non-hydrogen) atoms. The first-order valence-electron chi connectivity index (χ1n) is 7.05. The molecule has 6 nitrogen and oxygen atoms in total. The zero-order chi connectivity index (χ0) is 15.5. The van der Waals surface area contributed by atoms with Gasteiger partial charge in [0.05, 0.1) is 6.54 Å². The lowest BCUT2D eigenvalue weighted by Crippen LogP contribution is -2.29. The molecule has 0 fully saturated rings. The topological polar surface area (TPSA) is 79.5 Å². The molecule has 1 aromatic rings. The number of benzene rings is 1. The third-order valence-electron chi connectivity index (χ3n) is 2.78. The molecule has 0 spiro atoms. The molecule has 0 aliphatic heterocycles. The second-order valence-electron chi connectivity index (χ2n) is 4.49. The minimum atomic E-state index is -0.110. The quantitative estimate of drug-likeness (QED) is 0.594. The van der Waals surface area contributed by atoms with Crippen molar-refractivity contribution in [2.45, 2.75) is 13.3 Å². The van der Waals surface area contributed by atoms with Crippen LogP contribution in [0.2, 0.25) is 0 Å². The molecule has 1 rings (SSSR count). The summed E-state index contributed by atoms with van der Waals surface area (Å²) in [5.74, 6) is -0.168. The lowest BCUT2D eigenvalue weighted by molar-refractivity contribution is -0.119. The second kappa shape index (κ2) is 9.77. The summed E-state index contributed by atoms with van der Waals surface area (Å²) >= 11 is 0. The highest BCUT2D eigenvalue weighted by molar-refractivity contribution is 5.94. The van der Waals surface area contributed by atoms with E-state index in [-0.39, 0.29) is 18.4 Å². The van der Waals surface area contributed by atoms with Crippen LogP contribution in [0, 0.1) is 0 Å². The van der Waals surface area contributed by atoms with Crippen molar-refractivity contribution in [1.82, 2.24) is 10.6 Å². The minimum Gasteiger partial charge on any atom is -0.385 e. The molecule has 0 radical (unpaired) electrons. The summed E-state index contributed by atoms with van der Waals surface area (Å²) in [7, 11) is 1.63. The van der Waals surface area contributed by atoms with Gasteiger partial charge in [-0.15, -0.1) is 0 Å². The van der Waals surface area contributed by atoms with Gasteiger partial charge in [-0.05, 0) is 37.6 Å². The molecular weight excluding hydrogens is 270 g/mol. The van der Waals surface area contributed by atoms with Crippen molar-refractivity contribution < 1.29 is 14.3 Å². The number of amides is 2. The van der Waals surface area contributed by atoms with Crippen LogP contribution in [-0.2, 0) is 9.53 Å². The van der Waals surface area contributed by atoms with Gasteiger partial charge in [0.1, 0.15) is 0 Å². The van der Waals surface area contributed by atoms with E-state index in [0.29, 0.717) is 25.3 Å². The predicted molar refractivity (Wildman–Crippen MR) is 82.4 cm³/mol. The zero-order valence-corrected chi connectivity index (χ0v) is 12.6. The molecule has 0 heterocycles. The molecule has 0 aliphatic carbocycles. The van der Waals surface area contributed by atoms with E-state index >= 15 is 0 Å². The van der Waals surface area contributed by atoms with Gasteiger partial charge in [0.15, 0.2) is 0 Å². The van der Waals surface area contributed by atoms with E-state index in [0.717, 1.165) is 12.1 Å². The Morgan fingerprint density at radius 2 is 1.86 bits per heavy atom. The zero-order valence-electron chi connectivity index (χ0n) is 12.6. The van der Waals surface area contributed by atoms with Gasteiger partial charge in [-0.1, -0.05) is 0 Å². The lowest BCUT2D eigenvalue weighted by atomic mass is 10.2. The number of rotatable bonds is 9. The fourth-order valence-electron chi connectivity index (χ4n) is 1.70. The number of ether oxygens (including phenoxy) is 1. The molecule has 0 unspecified atom stereocenters. The minimum absolute atomic E-state index is 0.0579. The molecule has 0 aromatic heterocycles. The van der Waals surface area contributed by atoms with Crippen LogP contribution in [0.1, 0.15) is 23.7 Å². The maximum Gasteiger partial charge on any atom is 0.251 e. The number of likely N-dealkylation sites (N-methyl/N-ethyl adjacent to an activating group) is 1. The first-order chi connectivity index (χ1) is 10.2. The van der Waals surface area contributed by atoms with E-state index in [4.69, 9.17) is 4.74 Å². The maximum atomic E-state index is 11.8. The summed E-state index contributed by atoms with van der Waals surface area (Å²) in [6.07, 6.45) is 0.786. The molecule has 116 valence electrons. The summed E-state index contributed by atoms with van der Waals surface area (Å²) in [4.78, 5) is 23.1. The van der Waals surface area contributed by atoms with Crippen molar-refractivity contribution in [2.75, 3.05) is 38.7 Å². The second-order valence-corrected chi connectivity index (χ2v) is 4.49. The van der Waals surface area contributed by atoms with Gasteiger partial charge in [0.2, 0.25) is 5.91 Å². The van der Waals surface area contributed by atoms with Crippen LogP contribution in [0.3, 0.4) is 0 Å². The van der Waals surface area contributed by atoms with Crippen LogP contribution in [0.5, 0.6) is 0 Å². The van der Waals surface area contributed by atoms with Crippen molar-refractivity contribution in [2.24, 2.45) is 0 Å². The summed E-state index contributed by atoms with van der Waals surface area (Å²) in [6.45, 7) is 3.92. The normalized spacial score (nSPS) is 10.0. The van der Waals surface area contributed by atoms with Crippen LogP contribution in [-0.4, -0.2) is 45.2 Å². The maximum absolute atomic E-state index is 11.8. The Morgan fingerprint density at radius 1 is 1.14 bits per heavy atom. The number of anilines is 1. The van der Waals surface area contributed by atoms with Crippen molar-refractivity contribution in [3.8, 4) is 0 Å². The summed E-state index contributed by atoms with van der Waals surface area (Å²) in [6, 6.07) is 7.02. The highest BCUT2D eigenvalue weighted by atomic mass is 16.5. The van der Waals surface area contributed by atoms with Crippen LogP contribution in [0.15, 0.2) is 24.3 Å². The number of methoxy groups -OCH3 is 1. The molecule has 0 bridgehead atoms. The van der Waals surface area contributed by atoms with Gasteiger partial charge >= 0.3 is 0 Å². The highest BCUT2D eigenvalue weighted by Gasteiger charge is 2.05. The molecule has 0 saturated heterocycles. The third-order valence-corrected chi connectivity index (χ3v) is 2.78. The number of carbonyl (C=O) groups excluding carboxylic acids is 2. The first-order valence-corrected chi connectivity index (χ1v) is 7.05. The average molecular weight is 293 g/mol. The molecule has 2 amide bonds. The van der Waals surface area contributed by atoms with E-state index in [1.807, 2.05) is 6.92 Å². The number of carbonyl (C=O) groups is 2. The van der Waals surface area contributed by atoms with E-state index < -0.39 is 0 Å². The largest absolute Gasteiger partial charge is 0.385 e. The summed E-state index contributed by atoms with van der Waals surface area (Å²) in [5.41, 5.74) is 1.40. The summed E-state index contributed by atoms with van der Waals surface area (Å²) < 4.78 is 4.92. The van der Waals surface area contributed by atoms with E-state index in [2.05, 4.69) is 16.0 Å². The monoisotopic (exact) mass is 293 g/mol. The number of hydrogen-bond acceptors (Lipinski definition) is 4. The van der Waals surface area contributed by atoms with E-state index in [1.165, 1.54) is 0 Å². The van der Waals surface area contributed by atoms with Gasteiger partial charge in [0.25, 0.3) is 5.91 Å². The Balaban J connectivity index is 2.38. The molecular formula is C15H23N3O3. The Morgan fingerprint density at radius 3 is 2.48 bits per heavy atom. The average Bonchev–Trinajstić information content (AvgIpc) is 2.50. The number of hydrogen-bond donors (Lipinski definition) is 3. The van der Waals surface area contributed by atoms with Crippen LogP contribution in [0.25, 0.3) is 0 Å². The Hall–Kier alpha value is -2.08. The van der Waals surface area contributed by atoms with Crippen LogP contribution in [0.4, 0.5) is 5.69 Å². The standard InChI is InChI=1S/C15H23N3O3/c1-3-16-14(19)11-18-13-7-5-12(6-8-13)15(20)17-9-4-10-21-2/h5-8,18H,3-4,9-11H2,1-2H3,(H,16,19)(H,17,20). The predicted octanol–water partition coefficient (Wildman–Crippen LogP) is 1.00. The molecule has 6 heteroatoms. The van der Waals surface area contributed by atoms with Crippen LogP contribution >= 0.6 is 0 Å². The Labute approximate surface area is 125 Å². The van der Waals surface area contributed by atoms with Crippen molar-refractivity contribution in [1.29, 1.82) is 0 Å². The van der Waals surface area contributed by atoms with E-state index in [9.17, 15) is 9.59 Å².